The molecule has 1 fully saturated rings. The van der Waals surface area contributed by atoms with Crippen molar-refractivity contribution in [3.8, 4) is 0 Å². The number of likely N-dealkylation sites (tertiary alicyclic amines) is 1. The number of H-pyrrole nitrogens is 1. The lowest BCUT2D eigenvalue weighted by Crippen LogP contribution is -2.50. The highest BCUT2D eigenvalue weighted by Crippen LogP contribution is 2.26. The molecule has 3 heterocycles. The molecule has 1 amide bonds. The number of aromatic nitrogens is 2. The van der Waals surface area contributed by atoms with Crippen LogP contribution in [0.5, 0.6) is 0 Å². The van der Waals surface area contributed by atoms with Gasteiger partial charge in [-0.25, -0.2) is 8.42 Å². The molecule has 1 saturated heterocycles. The quantitative estimate of drug-likeness (QED) is 0.506. The minimum Gasteiger partial charge on any atom is -0.385 e. The van der Waals surface area contributed by atoms with Crippen molar-refractivity contribution in [3.05, 3.63) is 48.3 Å². The predicted octanol–water partition coefficient (Wildman–Crippen LogP) is 2.86. The highest BCUT2D eigenvalue weighted by atomic mass is 32.2. The van der Waals surface area contributed by atoms with Crippen molar-refractivity contribution in [2.24, 2.45) is 5.92 Å². The van der Waals surface area contributed by atoms with Gasteiger partial charge in [-0.2, -0.15) is 4.72 Å². The third-order valence-corrected chi connectivity index (χ3v) is 7.93. The van der Waals surface area contributed by atoms with Crippen LogP contribution in [0.4, 0.5) is 5.82 Å². The van der Waals surface area contributed by atoms with E-state index in [2.05, 4.69) is 16.6 Å². The fraction of sp³-hybridized carbons (Fsp3) is 0.435. The van der Waals surface area contributed by atoms with Gasteiger partial charge in [-0.3, -0.25) is 4.79 Å². The van der Waals surface area contributed by atoms with Gasteiger partial charge in [0.25, 0.3) is 0 Å². The zero-order valence-electron chi connectivity index (χ0n) is 18.5. The summed E-state index contributed by atoms with van der Waals surface area (Å²) in [4.78, 5) is 18.4. The van der Waals surface area contributed by atoms with E-state index in [4.69, 9.17) is 5.73 Å². The van der Waals surface area contributed by atoms with Crippen LogP contribution in [0.2, 0.25) is 0 Å². The number of anilines is 1. The molecular weight excluding hydrogens is 426 g/mol. The molecule has 4 rings (SSSR count). The lowest BCUT2D eigenvalue weighted by Gasteiger charge is -2.33. The molecule has 9 heteroatoms. The predicted molar refractivity (Wildman–Crippen MR) is 126 cm³/mol. The SMILES string of the molecule is Cc1ccc(S(=O)(=O)NC(CCn2cccc2N)C(=O)N2CCC(C)CC2)c2cc[nH]c12. The van der Waals surface area contributed by atoms with Crippen LogP contribution in [0, 0.1) is 12.8 Å². The summed E-state index contributed by atoms with van der Waals surface area (Å²) in [5, 5.41) is 0.616. The number of aromatic amines is 1. The van der Waals surface area contributed by atoms with Gasteiger partial charge in [0.1, 0.15) is 11.9 Å². The molecule has 0 aliphatic carbocycles. The van der Waals surface area contributed by atoms with Gasteiger partial charge < -0.3 is 20.2 Å². The number of nitrogen functional groups attached to an aromatic ring is 1. The molecule has 0 saturated carbocycles. The first kappa shape index (κ1) is 22.4. The smallest absolute Gasteiger partial charge is 0.241 e. The molecular formula is C23H31N5O3S. The standard InChI is InChI=1S/C23H31N5O3S/c1-16-8-13-28(14-9-16)23(29)19(10-15-27-12-3-4-21(27)24)26-32(30,31)20-6-5-17(2)22-18(20)7-11-25-22/h3-7,11-12,16,19,25-26H,8-10,13-15,24H2,1-2H3. The molecule has 2 aromatic heterocycles. The average Bonchev–Trinajstić information content (AvgIpc) is 3.41. The van der Waals surface area contributed by atoms with Crippen molar-refractivity contribution in [1.29, 1.82) is 0 Å². The minimum absolute atomic E-state index is 0.171. The Morgan fingerprint density at radius 3 is 2.69 bits per heavy atom. The molecule has 4 N–H and O–H groups in total. The summed E-state index contributed by atoms with van der Waals surface area (Å²) in [5.41, 5.74) is 7.71. The van der Waals surface area contributed by atoms with Crippen LogP contribution in [0.25, 0.3) is 10.9 Å². The first-order valence-electron chi connectivity index (χ1n) is 11.0. The van der Waals surface area contributed by atoms with Gasteiger partial charge in [-0.15, -0.1) is 0 Å². The summed E-state index contributed by atoms with van der Waals surface area (Å²) in [6, 6.07) is 7.86. The second-order valence-corrected chi connectivity index (χ2v) is 10.4. The number of hydrogen-bond acceptors (Lipinski definition) is 4. The zero-order chi connectivity index (χ0) is 22.9. The number of piperidine rings is 1. The van der Waals surface area contributed by atoms with E-state index in [1.165, 1.54) is 0 Å². The molecule has 1 unspecified atom stereocenters. The highest BCUT2D eigenvalue weighted by molar-refractivity contribution is 7.89. The van der Waals surface area contributed by atoms with Gasteiger partial charge in [0.05, 0.1) is 4.90 Å². The van der Waals surface area contributed by atoms with Crippen LogP contribution in [-0.2, 0) is 21.4 Å². The molecule has 0 spiro atoms. The Morgan fingerprint density at radius 2 is 2.00 bits per heavy atom. The normalized spacial score (nSPS) is 16.5. The van der Waals surface area contributed by atoms with Crippen LogP contribution >= 0.6 is 0 Å². The summed E-state index contributed by atoms with van der Waals surface area (Å²) >= 11 is 0. The van der Waals surface area contributed by atoms with Crippen molar-refractivity contribution in [2.75, 3.05) is 18.8 Å². The number of nitrogens with one attached hydrogen (secondary N) is 2. The number of nitrogens with two attached hydrogens (primary N) is 1. The second-order valence-electron chi connectivity index (χ2n) is 8.74. The van der Waals surface area contributed by atoms with E-state index < -0.39 is 16.1 Å². The maximum absolute atomic E-state index is 13.4. The number of hydrogen-bond donors (Lipinski definition) is 3. The van der Waals surface area contributed by atoms with E-state index >= 15 is 0 Å². The maximum atomic E-state index is 13.4. The third kappa shape index (κ3) is 4.54. The number of aryl methyl sites for hydroxylation is 2. The second kappa shape index (κ2) is 8.99. The maximum Gasteiger partial charge on any atom is 0.241 e. The van der Waals surface area contributed by atoms with Gasteiger partial charge >= 0.3 is 0 Å². The Kier molecular flexibility index (Phi) is 6.30. The monoisotopic (exact) mass is 457 g/mol. The first-order chi connectivity index (χ1) is 15.3. The molecule has 1 aliphatic rings. The molecule has 3 aromatic rings. The van der Waals surface area contributed by atoms with Crippen molar-refractivity contribution < 1.29 is 13.2 Å². The summed E-state index contributed by atoms with van der Waals surface area (Å²) in [6.45, 7) is 5.84. The highest BCUT2D eigenvalue weighted by Gasteiger charge is 2.31. The van der Waals surface area contributed by atoms with E-state index in [1.807, 2.05) is 23.8 Å². The van der Waals surface area contributed by atoms with Crippen molar-refractivity contribution >= 4 is 32.7 Å². The first-order valence-corrected chi connectivity index (χ1v) is 12.5. The van der Waals surface area contributed by atoms with Crippen LogP contribution < -0.4 is 10.5 Å². The average molecular weight is 458 g/mol. The van der Waals surface area contributed by atoms with Gasteiger partial charge in [-0.05, 0) is 61.9 Å². The Morgan fingerprint density at radius 1 is 1.25 bits per heavy atom. The Labute approximate surface area is 188 Å². The van der Waals surface area contributed by atoms with Crippen LogP contribution in [0.1, 0.15) is 31.7 Å². The fourth-order valence-electron chi connectivity index (χ4n) is 4.34. The fourth-order valence-corrected chi connectivity index (χ4v) is 5.77. The van der Waals surface area contributed by atoms with Crippen LogP contribution in [0.15, 0.2) is 47.6 Å². The lowest BCUT2D eigenvalue weighted by molar-refractivity contribution is -0.134. The van der Waals surface area contributed by atoms with E-state index in [0.29, 0.717) is 43.2 Å². The zero-order valence-corrected chi connectivity index (χ0v) is 19.4. The summed E-state index contributed by atoms with van der Waals surface area (Å²) in [7, 11) is -3.93. The van der Waals surface area contributed by atoms with E-state index in [9.17, 15) is 13.2 Å². The van der Waals surface area contributed by atoms with Gasteiger partial charge in [0.2, 0.25) is 15.9 Å². The number of sulfonamides is 1. The number of nitrogens with zero attached hydrogens (tertiary/aromatic N) is 2. The topological polar surface area (TPSA) is 113 Å². The number of rotatable bonds is 7. The summed E-state index contributed by atoms with van der Waals surface area (Å²) in [6.07, 6.45) is 5.72. The molecule has 8 nitrogen and oxygen atoms in total. The van der Waals surface area contributed by atoms with Crippen LogP contribution in [0.3, 0.4) is 0 Å². The molecule has 172 valence electrons. The number of amides is 1. The van der Waals surface area contributed by atoms with Gasteiger partial charge in [-0.1, -0.05) is 13.0 Å². The summed E-state index contributed by atoms with van der Waals surface area (Å²) in [5.74, 6) is 0.977. The molecule has 0 radical (unpaired) electrons. The van der Waals surface area contributed by atoms with Crippen molar-refractivity contribution in [2.45, 2.75) is 50.6 Å². The third-order valence-electron chi connectivity index (χ3n) is 6.40. The molecule has 0 bridgehead atoms. The minimum atomic E-state index is -3.93. The number of carbonyl (C=O) groups excluding carboxylic acids is 1. The van der Waals surface area contributed by atoms with Gasteiger partial charge in [0, 0.05) is 42.9 Å². The molecule has 1 aliphatic heterocycles. The Bertz CT molecular complexity index is 1210. The Hall–Kier alpha value is -2.78. The largest absolute Gasteiger partial charge is 0.385 e. The number of fused-ring (bicyclic) bond motifs is 1. The van der Waals surface area contributed by atoms with Crippen molar-refractivity contribution in [3.63, 3.8) is 0 Å². The molecule has 32 heavy (non-hydrogen) atoms. The van der Waals surface area contributed by atoms with E-state index in [1.54, 1.807) is 35.4 Å². The van der Waals surface area contributed by atoms with Crippen molar-refractivity contribution in [1.82, 2.24) is 19.2 Å². The Balaban J connectivity index is 1.61. The van der Waals surface area contributed by atoms with E-state index in [0.717, 1.165) is 23.9 Å². The molecule has 1 atom stereocenters. The lowest BCUT2D eigenvalue weighted by atomic mass is 9.98. The summed E-state index contributed by atoms with van der Waals surface area (Å²) < 4.78 is 31.3. The molecule has 1 aromatic carbocycles. The van der Waals surface area contributed by atoms with Gasteiger partial charge in [0.15, 0.2) is 0 Å². The number of benzene rings is 1. The van der Waals surface area contributed by atoms with E-state index in [-0.39, 0.29) is 10.8 Å². The van der Waals surface area contributed by atoms with Crippen LogP contribution in [-0.4, -0.2) is 47.9 Å². The number of carbonyl (C=O) groups is 1.